The van der Waals surface area contributed by atoms with E-state index in [1.54, 1.807) is 7.11 Å². The SMILES string of the molecule is CCCCC/C=C/c1cnc2[nH]c3ccc(C(=O)CCC(=O)NCc4ccc(OC)cc4)cc3c2c1. The van der Waals surface area contributed by atoms with Gasteiger partial charge in [0.15, 0.2) is 5.78 Å². The number of H-pyrrole nitrogens is 1. The molecule has 4 aromatic rings. The number of amides is 1. The summed E-state index contributed by atoms with van der Waals surface area (Å²) in [7, 11) is 1.62. The van der Waals surface area contributed by atoms with E-state index in [4.69, 9.17) is 4.74 Å². The number of allylic oxidation sites excluding steroid dienone is 1. The number of nitrogens with one attached hydrogen (secondary N) is 2. The number of ether oxygens (including phenoxy) is 1. The Hall–Kier alpha value is -3.93. The minimum absolute atomic E-state index is 0.0502. The first-order chi connectivity index (χ1) is 17.6. The average Bonchev–Trinajstić information content (AvgIpc) is 3.28. The van der Waals surface area contributed by atoms with E-state index in [9.17, 15) is 9.59 Å². The topological polar surface area (TPSA) is 84.1 Å². The first kappa shape index (κ1) is 25.2. The number of fused-ring (bicyclic) bond motifs is 3. The molecule has 0 aliphatic heterocycles. The van der Waals surface area contributed by atoms with Gasteiger partial charge >= 0.3 is 0 Å². The maximum atomic E-state index is 12.9. The fourth-order valence-electron chi connectivity index (χ4n) is 4.19. The minimum Gasteiger partial charge on any atom is -0.497 e. The minimum atomic E-state index is -0.146. The summed E-state index contributed by atoms with van der Waals surface area (Å²) in [6.45, 7) is 2.62. The van der Waals surface area contributed by atoms with Crippen LogP contribution in [0.1, 0.15) is 66.9 Å². The zero-order valence-electron chi connectivity index (χ0n) is 21.0. The van der Waals surface area contributed by atoms with Crippen molar-refractivity contribution in [1.82, 2.24) is 15.3 Å². The van der Waals surface area contributed by atoms with E-state index in [1.807, 2.05) is 48.7 Å². The van der Waals surface area contributed by atoms with Crippen LogP contribution in [0.3, 0.4) is 0 Å². The Labute approximate surface area is 211 Å². The van der Waals surface area contributed by atoms with E-state index in [0.29, 0.717) is 12.1 Å². The predicted molar refractivity (Wildman–Crippen MR) is 145 cm³/mol. The molecule has 0 spiro atoms. The second-order valence-electron chi connectivity index (χ2n) is 9.00. The van der Waals surface area contributed by atoms with Crippen molar-refractivity contribution in [3.63, 3.8) is 0 Å². The molecule has 0 atom stereocenters. The van der Waals surface area contributed by atoms with Gasteiger partial charge in [0, 0.05) is 47.4 Å². The number of benzene rings is 2. The third kappa shape index (κ3) is 6.39. The summed E-state index contributed by atoms with van der Waals surface area (Å²) in [5.74, 6) is 0.575. The van der Waals surface area contributed by atoms with Gasteiger partial charge in [-0.15, -0.1) is 0 Å². The summed E-state index contributed by atoms with van der Waals surface area (Å²) in [5.41, 5.74) is 4.37. The van der Waals surface area contributed by atoms with Gasteiger partial charge < -0.3 is 15.0 Å². The number of hydrogen-bond acceptors (Lipinski definition) is 4. The van der Waals surface area contributed by atoms with Gasteiger partial charge in [-0.3, -0.25) is 9.59 Å². The molecule has 6 heteroatoms. The number of nitrogens with zero attached hydrogens (tertiary/aromatic N) is 1. The molecule has 0 fully saturated rings. The molecule has 6 nitrogen and oxygen atoms in total. The van der Waals surface area contributed by atoms with Gasteiger partial charge in [0.1, 0.15) is 11.4 Å². The van der Waals surface area contributed by atoms with Crippen molar-refractivity contribution in [3.05, 3.63) is 77.5 Å². The van der Waals surface area contributed by atoms with Gasteiger partial charge in [0.2, 0.25) is 5.91 Å². The number of pyridine rings is 1. The molecule has 0 bridgehead atoms. The largest absolute Gasteiger partial charge is 0.497 e. The molecule has 0 unspecified atom stereocenters. The zero-order valence-corrected chi connectivity index (χ0v) is 21.0. The number of carbonyl (C=O) groups excluding carboxylic acids is 2. The van der Waals surface area contributed by atoms with E-state index in [2.05, 4.69) is 40.4 Å². The molecular weight excluding hydrogens is 450 g/mol. The van der Waals surface area contributed by atoms with Crippen LogP contribution in [-0.4, -0.2) is 28.8 Å². The molecule has 0 aliphatic carbocycles. The Balaban J connectivity index is 1.38. The third-order valence-electron chi connectivity index (χ3n) is 6.31. The van der Waals surface area contributed by atoms with Gasteiger partial charge in [0.25, 0.3) is 0 Å². The first-order valence-corrected chi connectivity index (χ1v) is 12.6. The second-order valence-corrected chi connectivity index (χ2v) is 9.00. The molecule has 2 aromatic heterocycles. The van der Waals surface area contributed by atoms with Crippen molar-refractivity contribution in [2.75, 3.05) is 7.11 Å². The Morgan fingerprint density at radius 1 is 1.03 bits per heavy atom. The Kier molecular flexibility index (Phi) is 8.50. The number of aromatic nitrogens is 2. The van der Waals surface area contributed by atoms with E-state index >= 15 is 0 Å². The van der Waals surface area contributed by atoms with Crippen molar-refractivity contribution in [2.45, 2.75) is 52.0 Å². The lowest BCUT2D eigenvalue weighted by molar-refractivity contribution is -0.121. The van der Waals surface area contributed by atoms with Crippen LogP contribution in [0.5, 0.6) is 5.75 Å². The molecule has 0 saturated carbocycles. The standard InChI is InChI=1S/C30H33N3O3/c1-3-4-5-6-7-8-22-17-26-25-18-23(11-14-27(25)33-30(26)32-20-22)28(34)15-16-29(35)31-19-21-9-12-24(36-2)13-10-21/h7-14,17-18,20H,3-6,15-16,19H2,1-2H3,(H,31,35)(H,32,33)/b8-7+. The van der Waals surface area contributed by atoms with Crippen molar-refractivity contribution >= 4 is 39.7 Å². The maximum Gasteiger partial charge on any atom is 0.220 e. The predicted octanol–water partition coefficient (Wildman–Crippen LogP) is 6.60. The number of hydrogen-bond donors (Lipinski definition) is 2. The van der Waals surface area contributed by atoms with E-state index in [-0.39, 0.29) is 24.5 Å². The summed E-state index contributed by atoms with van der Waals surface area (Å²) in [5, 5.41) is 4.83. The van der Waals surface area contributed by atoms with Crippen LogP contribution in [0.2, 0.25) is 0 Å². The van der Waals surface area contributed by atoms with Crippen molar-refractivity contribution < 1.29 is 14.3 Å². The summed E-state index contributed by atoms with van der Waals surface area (Å²) in [6, 6.07) is 15.3. The second kappa shape index (κ2) is 12.2. The van der Waals surface area contributed by atoms with Crippen LogP contribution in [0, 0.1) is 0 Å². The normalized spacial score (nSPS) is 11.4. The Morgan fingerprint density at radius 3 is 2.64 bits per heavy atom. The monoisotopic (exact) mass is 483 g/mol. The average molecular weight is 484 g/mol. The molecule has 186 valence electrons. The lowest BCUT2D eigenvalue weighted by atomic mass is 10.0. The van der Waals surface area contributed by atoms with Crippen LogP contribution in [0.4, 0.5) is 0 Å². The molecule has 2 heterocycles. The summed E-state index contributed by atoms with van der Waals surface area (Å²) >= 11 is 0. The van der Waals surface area contributed by atoms with Crippen molar-refractivity contribution in [3.8, 4) is 5.75 Å². The molecule has 36 heavy (non-hydrogen) atoms. The number of ketones is 1. The Morgan fingerprint density at radius 2 is 1.86 bits per heavy atom. The quantitative estimate of drug-likeness (QED) is 0.176. The van der Waals surface area contributed by atoms with Crippen molar-refractivity contribution in [1.29, 1.82) is 0 Å². The highest BCUT2D eigenvalue weighted by molar-refractivity contribution is 6.10. The van der Waals surface area contributed by atoms with Gasteiger partial charge in [-0.25, -0.2) is 4.98 Å². The fourth-order valence-corrected chi connectivity index (χ4v) is 4.19. The number of methoxy groups -OCH3 is 1. The highest BCUT2D eigenvalue weighted by atomic mass is 16.5. The van der Waals surface area contributed by atoms with Gasteiger partial charge in [-0.05, 0) is 60.4 Å². The van der Waals surface area contributed by atoms with Gasteiger partial charge in [-0.1, -0.05) is 44.1 Å². The number of carbonyl (C=O) groups is 2. The number of rotatable bonds is 12. The fraction of sp³-hybridized carbons (Fsp3) is 0.300. The molecule has 0 saturated heterocycles. The lowest BCUT2D eigenvalue weighted by Gasteiger charge is -2.06. The van der Waals surface area contributed by atoms with Gasteiger partial charge in [0.05, 0.1) is 7.11 Å². The smallest absolute Gasteiger partial charge is 0.220 e. The molecule has 4 rings (SSSR count). The molecular formula is C30H33N3O3. The highest BCUT2D eigenvalue weighted by Gasteiger charge is 2.13. The summed E-state index contributed by atoms with van der Waals surface area (Å²) < 4.78 is 5.15. The maximum absolute atomic E-state index is 12.9. The van der Waals surface area contributed by atoms with Crippen LogP contribution in [-0.2, 0) is 11.3 Å². The lowest BCUT2D eigenvalue weighted by Crippen LogP contribution is -2.23. The summed E-state index contributed by atoms with van der Waals surface area (Å²) in [4.78, 5) is 33.1. The molecule has 2 N–H and O–H groups in total. The first-order valence-electron chi connectivity index (χ1n) is 12.6. The van der Waals surface area contributed by atoms with E-state index in [1.165, 1.54) is 19.3 Å². The Bertz CT molecular complexity index is 1370. The third-order valence-corrected chi connectivity index (χ3v) is 6.31. The van der Waals surface area contributed by atoms with Crippen molar-refractivity contribution in [2.24, 2.45) is 0 Å². The molecule has 1 amide bonds. The van der Waals surface area contributed by atoms with Crippen LogP contribution in [0.25, 0.3) is 28.0 Å². The van der Waals surface area contributed by atoms with Gasteiger partial charge in [-0.2, -0.15) is 0 Å². The zero-order chi connectivity index (χ0) is 25.3. The van der Waals surface area contributed by atoms with Crippen LogP contribution >= 0.6 is 0 Å². The number of Topliss-reactive ketones (excluding diaryl/α,β-unsaturated/α-hetero) is 1. The van der Waals surface area contributed by atoms with Crippen LogP contribution in [0.15, 0.2) is 60.8 Å². The summed E-state index contributed by atoms with van der Waals surface area (Å²) in [6.07, 6.45) is 11.2. The van der Waals surface area contributed by atoms with Crippen LogP contribution < -0.4 is 10.1 Å². The molecule has 2 aromatic carbocycles. The molecule has 0 aliphatic rings. The van der Waals surface area contributed by atoms with E-state index in [0.717, 1.165) is 45.2 Å². The highest BCUT2D eigenvalue weighted by Crippen LogP contribution is 2.27. The van der Waals surface area contributed by atoms with E-state index < -0.39 is 0 Å². The number of aromatic amines is 1. The number of unbranched alkanes of at least 4 members (excludes halogenated alkanes) is 3. The molecule has 0 radical (unpaired) electrons.